The van der Waals surface area contributed by atoms with E-state index in [1.165, 1.54) is 6.07 Å². The first-order valence-electron chi connectivity index (χ1n) is 7.02. The van der Waals surface area contributed by atoms with Crippen molar-refractivity contribution in [3.63, 3.8) is 0 Å². The Bertz CT molecular complexity index is 803. The summed E-state index contributed by atoms with van der Waals surface area (Å²) in [6.45, 7) is 5.85. The third-order valence-electron chi connectivity index (χ3n) is 3.46. The van der Waals surface area contributed by atoms with E-state index in [2.05, 4.69) is 15.5 Å². The van der Waals surface area contributed by atoms with Crippen LogP contribution >= 0.6 is 0 Å². The Morgan fingerprint density at radius 3 is 2.77 bits per heavy atom. The standard InChI is InChI=1S/C16H17N3O3/c1-16(2,3)15(21)17-9-4-5-10-11-7-14(20)19-18-12(11)8-22-13(10)6-9/h4-7H,8H2,1-3H3,(H,17,21)(H,19,20). The molecule has 2 heterocycles. The number of amides is 1. The number of fused-ring (bicyclic) bond motifs is 3. The second-order valence-corrected chi connectivity index (χ2v) is 6.30. The number of rotatable bonds is 1. The fourth-order valence-electron chi connectivity index (χ4n) is 2.18. The molecule has 0 aliphatic carbocycles. The van der Waals surface area contributed by atoms with Crippen molar-refractivity contribution in [1.29, 1.82) is 0 Å². The van der Waals surface area contributed by atoms with Crippen LogP contribution in [0.4, 0.5) is 5.69 Å². The SMILES string of the molecule is CC(C)(C)C(=O)Nc1ccc2c(c1)OCc1n[nH]c(=O)cc1-2. The summed E-state index contributed by atoms with van der Waals surface area (Å²) in [5.74, 6) is 0.563. The van der Waals surface area contributed by atoms with Gasteiger partial charge in [-0.05, 0) is 12.1 Å². The van der Waals surface area contributed by atoms with Crippen molar-refractivity contribution in [2.24, 2.45) is 5.41 Å². The topological polar surface area (TPSA) is 84.1 Å². The molecule has 0 radical (unpaired) electrons. The first-order valence-corrected chi connectivity index (χ1v) is 7.02. The Morgan fingerprint density at radius 2 is 2.05 bits per heavy atom. The van der Waals surface area contributed by atoms with Gasteiger partial charge in [0.05, 0.1) is 0 Å². The zero-order valence-electron chi connectivity index (χ0n) is 12.7. The molecular weight excluding hydrogens is 282 g/mol. The Kier molecular flexibility index (Phi) is 3.24. The largest absolute Gasteiger partial charge is 0.486 e. The number of carbonyl (C=O) groups excluding carboxylic acids is 1. The maximum Gasteiger partial charge on any atom is 0.264 e. The van der Waals surface area contributed by atoms with Crippen molar-refractivity contribution in [2.45, 2.75) is 27.4 Å². The molecule has 1 aromatic heterocycles. The van der Waals surface area contributed by atoms with Gasteiger partial charge in [0.25, 0.3) is 5.56 Å². The summed E-state index contributed by atoms with van der Waals surface area (Å²) in [6, 6.07) is 6.90. The second kappa shape index (κ2) is 4.98. The summed E-state index contributed by atoms with van der Waals surface area (Å²) in [4.78, 5) is 23.5. The highest BCUT2D eigenvalue weighted by atomic mass is 16.5. The van der Waals surface area contributed by atoms with Gasteiger partial charge in [-0.25, -0.2) is 5.10 Å². The number of aromatic amines is 1. The van der Waals surface area contributed by atoms with E-state index >= 15 is 0 Å². The lowest BCUT2D eigenvalue weighted by molar-refractivity contribution is -0.123. The van der Waals surface area contributed by atoms with Gasteiger partial charge >= 0.3 is 0 Å². The zero-order chi connectivity index (χ0) is 15.9. The lowest BCUT2D eigenvalue weighted by Crippen LogP contribution is -2.27. The number of ether oxygens (including phenoxy) is 1. The molecule has 3 rings (SSSR count). The Hall–Kier alpha value is -2.63. The third kappa shape index (κ3) is 2.59. The molecule has 6 heteroatoms. The summed E-state index contributed by atoms with van der Waals surface area (Å²) in [7, 11) is 0. The lowest BCUT2D eigenvalue weighted by Gasteiger charge is -2.21. The molecule has 1 aliphatic heterocycles. The highest BCUT2D eigenvalue weighted by Gasteiger charge is 2.23. The number of aromatic nitrogens is 2. The van der Waals surface area contributed by atoms with Crippen LogP contribution in [0.15, 0.2) is 29.1 Å². The number of hydrogen-bond donors (Lipinski definition) is 2. The minimum Gasteiger partial charge on any atom is -0.486 e. The fraction of sp³-hybridized carbons (Fsp3) is 0.312. The molecule has 0 saturated heterocycles. The van der Waals surface area contributed by atoms with E-state index < -0.39 is 5.41 Å². The number of nitrogens with one attached hydrogen (secondary N) is 2. The van der Waals surface area contributed by atoms with Gasteiger partial charge in [-0.3, -0.25) is 9.59 Å². The summed E-state index contributed by atoms with van der Waals surface area (Å²) in [5.41, 5.74) is 2.20. The smallest absolute Gasteiger partial charge is 0.264 e. The Morgan fingerprint density at radius 1 is 1.27 bits per heavy atom. The molecular formula is C16H17N3O3. The number of nitrogens with zero attached hydrogens (tertiary/aromatic N) is 1. The van der Waals surface area contributed by atoms with Gasteiger partial charge in [-0.15, -0.1) is 0 Å². The second-order valence-electron chi connectivity index (χ2n) is 6.30. The number of hydrogen-bond acceptors (Lipinski definition) is 4. The molecule has 2 aromatic rings. The molecule has 0 fully saturated rings. The van der Waals surface area contributed by atoms with Gasteiger partial charge in [0, 0.05) is 34.4 Å². The van der Waals surface area contributed by atoms with E-state index in [4.69, 9.17) is 4.74 Å². The number of carbonyl (C=O) groups is 1. The first kappa shape index (κ1) is 14.3. The van der Waals surface area contributed by atoms with E-state index in [0.717, 1.165) is 11.1 Å². The quantitative estimate of drug-likeness (QED) is 0.846. The Balaban J connectivity index is 1.96. The van der Waals surface area contributed by atoms with Gasteiger partial charge < -0.3 is 10.1 Å². The van der Waals surface area contributed by atoms with Crippen LogP contribution in [0, 0.1) is 5.41 Å². The number of benzene rings is 1. The van der Waals surface area contributed by atoms with Gasteiger partial charge in [0.15, 0.2) is 0 Å². The maximum absolute atomic E-state index is 12.0. The summed E-state index contributed by atoms with van der Waals surface area (Å²) < 4.78 is 5.66. The molecule has 1 amide bonds. The molecule has 0 atom stereocenters. The minimum absolute atomic E-state index is 0.0678. The molecule has 1 aliphatic rings. The molecule has 0 unspecified atom stereocenters. The molecule has 0 saturated carbocycles. The average molecular weight is 299 g/mol. The predicted octanol–water partition coefficient (Wildman–Crippen LogP) is 2.31. The normalized spacial score (nSPS) is 12.9. The van der Waals surface area contributed by atoms with E-state index in [-0.39, 0.29) is 18.1 Å². The van der Waals surface area contributed by atoms with Crippen molar-refractivity contribution in [1.82, 2.24) is 10.2 Å². The predicted molar refractivity (Wildman–Crippen MR) is 82.7 cm³/mol. The highest BCUT2D eigenvalue weighted by Crippen LogP contribution is 2.37. The minimum atomic E-state index is -0.472. The highest BCUT2D eigenvalue weighted by molar-refractivity contribution is 5.95. The number of anilines is 1. The van der Waals surface area contributed by atoms with E-state index in [0.29, 0.717) is 17.1 Å². The van der Waals surface area contributed by atoms with Crippen LogP contribution in [0.1, 0.15) is 26.5 Å². The van der Waals surface area contributed by atoms with Crippen molar-refractivity contribution >= 4 is 11.6 Å². The van der Waals surface area contributed by atoms with Crippen molar-refractivity contribution in [3.05, 3.63) is 40.3 Å². The lowest BCUT2D eigenvalue weighted by atomic mass is 9.95. The summed E-state index contributed by atoms with van der Waals surface area (Å²) in [5, 5.41) is 9.26. The summed E-state index contributed by atoms with van der Waals surface area (Å²) >= 11 is 0. The van der Waals surface area contributed by atoms with Crippen molar-refractivity contribution in [3.8, 4) is 16.9 Å². The van der Waals surface area contributed by atoms with Crippen LogP contribution in [-0.4, -0.2) is 16.1 Å². The van der Waals surface area contributed by atoms with Crippen LogP contribution in [0.25, 0.3) is 11.1 Å². The van der Waals surface area contributed by atoms with E-state index in [1.54, 1.807) is 12.1 Å². The monoisotopic (exact) mass is 299 g/mol. The van der Waals surface area contributed by atoms with Crippen LogP contribution in [0.2, 0.25) is 0 Å². The molecule has 6 nitrogen and oxygen atoms in total. The van der Waals surface area contributed by atoms with Gasteiger partial charge in [0.1, 0.15) is 18.1 Å². The Labute approximate surface area is 127 Å². The molecule has 1 aromatic carbocycles. The molecule has 2 N–H and O–H groups in total. The molecule has 22 heavy (non-hydrogen) atoms. The van der Waals surface area contributed by atoms with Crippen LogP contribution in [0.3, 0.4) is 0 Å². The maximum atomic E-state index is 12.0. The molecule has 114 valence electrons. The fourth-order valence-corrected chi connectivity index (χ4v) is 2.18. The van der Waals surface area contributed by atoms with Crippen LogP contribution in [-0.2, 0) is 11.4 Å². The van der Waals surface area contributed by atoms with Crippen molar-refractivity contribution in [2.75, 3.05) is 5.32 Å². The third-order valence-corrected chi connectivity index (χ3v) is 3.46. The molecule has 0 bridgehead atoms. The van der Waals surface area contributed by atoms with Gasteiger partial charge in [-0.1, -0.05) is 20.8 Å². The van der Waals surface area contributed by atoms with Gasteiger partial charge in [0.2, 0.25) is 5.91 Å². The molecule has 0 spiro atoms. The first-order chi connectivity index (χ1) is 10.3. The van der Waals surface area contributed by atoms with Crippen molar-refractivity contribution < 1.29 is 9.53 Å². The average Bonchev–Trinajstić information content (AvgIpc) is 2.45. The van der Waals surface area contributed by atoms with Crippen LogP contribution in [0.5, 0.6) is 5.75 Å². The number of H-pyrrole nitrogens is 1. The summed E-state index contributed by atoms with van der Waals surface area (Å²) in [6.07, 6.45) is 0. The van der Waals surface area contributed by atoms with Crippen LogP contribution < -0.4 is 15.6 Å². The van der Waals surface area contributed by atoms with Gasteiger partial charge in [-0.2, -0.15) is 5.10 Å². The van der Waals surface area contributed by atoms with E-state index in [1.807, 2.05) is 26.8 Å². The zero-order valence-corrected chi connectivity index (χ0v) is 12.7. The van der Waals surface area contributed by atoms with E-state index in [9.17, 15) is 9.59 Å².